The zero-order valence-corrected chi connectivity index (χ0v) is 14.8. The molecule has 1 aromatic rings. The van der Waals surface area contributed by atoms with Gasteiger partial charge in [0, 0.05) is 24.9 Å². The van der Waals surface area contributed by atoms with Gasteiger partial charge in [0.1, 0.15) is 6.04 Å². The van der Waals surface area contributed by atoms with Crippen LogP contribution in [0.4, 0.5) is 0 Å². The van der Waals surface area contributed by atoms with Gasteiger partial charge in [-0.25, -0.2) is 8.42 Å². The summed E-state index contributed by atoms with van der Waals surface area (Å²) < 4.78 is 26.6. The second kappa shape index (κ2) is 8.32. The lowest BCUT2D eigenvalue weighted by Gasteiger charge is -2.26. The summed E-state index contributed by atoms with van der Waals surface area (Å²) in [5, 5.41) is 11.7. The van der Waals surface area contributed by atoms with Crippen molar-refractivity contribution in [3.8, 4) is 0 Å². The van der Waals surface area contributed by atoms with Crippen LogP contribution in [0.5, 0.6) is 0 Å². The van der Waals surface area contributed by atoms with E-state index < -0.39 is 22.0 Å². The summed E-state index contributed by atoms with van der Waals surface area (Å²) in [6, 6.07) is 5.16. The van der Waals surface area contributed by atoms with E-state index in [1.165, 1.54) is 31.7 Å². The molecule has 0 fully saturated rings. The fourth-order valence-corrected chi connectivity index (χ4v) is 4.66. The van der Waals surface area contributed by atoms with E-state index in [1.54, 1.807) is 24.5 Å². The van der Waals surface area contributed by atoms with Crippen molar-refractivity contribution in [1.82, 2.24) is 9.62 Å². The van der Waals surface area contributed by atoms with E-state index in [9.17, 15) is 23.1 Å². The standard InChI is InChI=1S/C14H20N2O5S2/c1-10(14(18)19)16(9-8-15-11(2)17)23(20,21)13-7-5-4-6-12(13)22-3/h4-7,10H,8-9H2,1-3H3,(H,15,17)(H,18,19). The molecule has 0 saturated heterocycles. The third kappa shape index (κ3) is 4.95. The molecular weight excluding hydrogens is 340 g/mol. The van der Waals surface area contributed by atoms with Gasteiger partial charge in [-0.15, -0.1) is 11.8 Å². The van der Waals surface area contributed by atoms with Gasteiger partial charge in [-0.3, -0.25) is 9.59 Å². The number of sulfonamides is 1. The zero-order valence-electron chi connectivity index (χ0n) is 13.1. The molecule has 0 aliphatic carbocycles. The van der Waals surface area contributed by atoms with Crippen molar-refractivity contribution in [2.24, 2.45) is 0 Å². The second-order valence-electron chi connectivity index (χ2n) is 4.76. The van der Waals surface area contributed by atoms with Crippen LogP contribution in [0.2, 0.25) is 0 Å². The highest BCUT2D eigenvalue weighted by Crippen LogP contribution is 2.28. The number of hydrogen-bond acceptors (Lipinski definition) is 5. The maximum absolute atomic E-state index is 12.9. The quantitative estimate of drug-likeness (QED) is 0.671. The van der Waals surface area contributed by atoms with Crippen LogP contribution in [0.15, 0.2) is 34.1 Å². The molecule has 0 radical (unpaired) electrons. The number of benzene rings is 1. The van der Waals surface area contributed by atoms with Gasteiger partial charge in [0.25, 0.3) is 0 Å². The molecule has 1 rings (SSSR count). The lowest BCUT2D eigenvalue weighted by atomic mass is 10.3. The third-order valence-corrected chi connectivity index (χ3v) is 6.10. The van der Waals surface area contributed by atoms with Crippen LogP contribution in [0.25, 0.3) is 0 Å². The van der Waals surface area contributed by atoms with Crippen LogP contribution in [0.3, 0.4) is 0 Å². The van der Waals surface area contributed by atoms with Gasteiger partial charge in [0.2, 0.25) is 15.9 Å². The molecule has 1 aromatic carbocycles. The highest BCUT2D eigenvalue weighted by molar-refractivity contribution is 7.99. The number of rotatable bonds is 8. The Labute approximate surface area is 140 Å². The molecule has 1 unspecified atom stereocenters. The maximum atomic E-state index is 12.9. The molecule has 0 heterocycles. The lowest BCUT2D eigenvalue weighted by molar-refractivity contribution is -0.140. The van der Waals surface area contributed by atoms with Crippen LogP contribution in [0, 0.1) is 0 Å². The first-order valence-corrected chi connectivity index (χ1v) is 9.50. The normalized spacial score (nSPS) is 12.9. The van der Waals surface area contributed by atoms with Crippen LogP contribution < -0.4 is 5.32 Å². The third-order valence-electron chi connectivity index (χ3n) is 3.15. The molecule has 1 atom stereocenters. The van der Waals surface area contributed by atoms with Crippen LogP contribution in [-0.4, -0.2) is 55.1 Å². The first-order chi connectivity index (χ1) is 10.7. The SMILES string of the molecule is CSc1ccccc1S(=O)(=O)N(CCNC(C)=O)C(C)C(=O)O. The van der Waals surface area contributed by atoms with E-state index in [2.05, 4.69) is 5.32 Å². The number of carboxylic acids is 1. The number of nitrogens with one attached hydrogen (secondary N) is 1. The van der Waals surface area contributed by atoms with Crippen molar-refractivity contribution in [2.45, 2.75) is 29.7 Å². The first-order valence-electron chi connectivity index (χ1n) is 6.84. The summed E-state index contributed by atoms with van der Waals surface area (Å²) in [6.45, 7) is 2.52. The molecule has 0 spiro atoms. The number of aliphatic carboxylic acids is 1. The van der Waals surface area contributed by atoms with Gasteiger partial charge in [-0.05, 0) is 25.3 Å². The number of carbonyl (C=O) groups is 2. The van der Waals surface area contributed by atoms with Crippen molar-refractivity contribution >= 4 is 33.7 Å². The van der Waals surface area contributed by atoms with Gasteiger partial charge >= 0.3 is 5.97 Å². The Kier molecular flexibility index (Phi) is 7.04. The number of hydrogen-bond donors (Lipinski definition) is 2. The summed E-state index contributed by atoms with van der Waals surface area (Å²) in [6.07, 6.45) is 1.75. The lowest BCUT2D eigenvalue weighted by Crippen LogP contribution is -2.46. The molecule has 0 saturated carbocycles. The van der Waals surface area contributed by atoms with Crippen molar-refractivity contribution < 1.29 is 23.1 Å². The first kappa shape index (κ1) is 19.5. The van der Waals surface area contributed by atoms with Crippen molar-refractivity contribution in [1.29, 1.82) is 0 Å². The van der Waals surface area contributed by atoms with E-state index >= 15 is 0 Å². The minimum Gasteiger partial charge on any atom is -0.480 e. The smallest absolute Gasteiger partial charge is 0.321 e. The molecule has 1 amide bonds. The summed E-state index contributed by atoms with van der Waals surface area (Å²) in [4.78, 5) is 22.8. The number of carbonyl (C=O) groups excluding carboxylic acids is 1. The van der Waals surface area contributed by atoms with E-state index in [1.807, 2.05) is 0 Å². The maximum Gasteiger partial charge on any atom is 0.321 e. The minimum absolute atomic E-state index is 0.0353. The molecule has 0 aliphatic heterocycles. The average molecular weight is 360 g/mol. The van der Waals surface area contributed by atoms with Gasteiger partial charge in [0.15, 0.2) is 0 Å². The Morgan fingerprint density at radius 1 is 1.35 bits per heavy atom. The Morgan fingerprint density at radius 2 is 1.96 bits per heavy atom. The Balaban J connectivity index is 3.22. The summed E-state index contributed by atoms with van der Waals surface area (Å²) in [5.74, 6) is -1.56. The number of thioether (sulfide) groups is 1. The second-order valence-corrected chi connectivity index (χ2v) is 7.47. The van der Waals surface area contributed by atoms with Crippen molar-refractivity contribution in [2.75, 3.05) is 19.3 Å². The van der Waals surface area contributed by atoms with Gasteiger partial charge in [0.05, 0.1) is 4.90 Å². The van der Waals surface area contributed by atoms with Gasteiger partial charge in [-0.1, -0.05) is 12.1 Å². The molecule has 7 nitrogen and oxygen atoms in total. The van der Waals surface area contributed by atoms with Crippen LogP contribution in [0.1, 0.15) is 13.8 Å². The van der Waals surface area contributed by atoms with E-state index in [-0.39, 0.29) is 23.9 Å². The van der Waals surface area contributed by atoms with E-state index in [0.29, 0.717) is 4.90 Å². The average Bonchev–Trinajstić information content (AvgIpc) is 2.50. The number of nitrogens with zero attached hydrogens (tertiary/aromatic N) is 1. The molecular formula is C14H20N2O5S2. The predicted molar refractivity (Wildman–Crippen MR) is 87.9 cm³/mol. The van der Waals surface area contributed by atoms with Crippen LogP contribution in [-0.2, 0) is 19.6 Å². The number of carboxylic acid groups (broad SMARTS) is 1. The molecule has 0 bridgehead atoms. The fourth-order valence-electron chi connectivity index (χ4n) is 1.95. The molecule has 0 aliphatic rings. The highest BCUT2D eigenvalue weighted by Gasteiger charge is 2.33. The number of amides is 1. The fraction of sp³-hybridized carbons (Fsp3) is 0.429. The molecule has 2 N–H and O–H groups in total. The highest BCUT2D eigenvalue weighted by atomic mass is 32.2. The summed E-state index contributed by atoms with van der Waals surface area (Å²) in [5.41, 5.74) is 0. The topological polar surface area (TPSA) is 104 Å². The van der Waals surface area contributed by atoms with Crippen molar-refractivity contribution in [3.63, 3.8) is 0 Å². The molecule has 128 valence electrons. The van der Waals surface area contributed by atoms with Crippen molar-refractivity contribution in [3.05, 3.63) is 24.3 Å². The molecule has 9 heteroatoms. The van der Waals surface area contributed by atoms with E-state index in [0.717, 1.165) is 4.31 Å². The zero-order chi connectivity index (χ0) is 17.6. The summed E-state index contributed by atoms with van der Waals surface area (Å²) in [7, 11) is -4.01. The van der Waals surface area contributed by atoms with Gasteiger partial charge < -0.3 is 10.4 Å². The Bertz CT molecular complexity index is 676. The molecule has 0 aromatic heterocycles. The monoisotopic (exact) mass is 360 g/mol. The van der Waals surface area contributed by atoms with Gasteiger partial charge in [-0.2, -0.15) is 4.31 Å². The van der Waals surface area contributed by atoms with Crippen LogP contribution >= 0.6 is 11.8 Å². The largest absolute Gasteiger partial charge is 0.480 e. The Morgan fingerprint density at radius 3 is 2.48 bits per heavy atom. The molecule has 23 heavy (non-hydrogen) atoms. The Hall–Kier alpha value is -1.58. The summed E-state index contributed by atoms with van der Waals surface area (Å²) >= 11 is 1.27. The minimum atomic E-state index is -4.01. The predicted octanol–water partition coefficient (Wildman–Crippen LogP) is 1.01. The van der Waals surface area contributed by atoms with E-state index in [4.69, 9.17) is 0 Å².